The number of rotatable bonds is 8. The van der Waals surface area contributed by atoms with Crippen LogP contribution in [0.1, 0.15) is 29.9 Å². The van der Waals surface area contributed by atoms with Crippen LogP contribution in [0.5, 0.6) is 5.75 Å². The number of nitrogens with one attached hydrogen (secondary N) is 3. The van der Waals surface area contributed by atoms with E-state index in [1.165, 1.54) is 20.4 Å². The molecule has 4 heterocycles. The van der Waals surface area contributed by atoms with E-state index in [9.17, 15) is 9.18 Å². The lowest BCUT2D eigenvalue weighted by molar-refractivity contribution is 0.0958. The average molecular weight is 505 g/mol. The van der Waals surface area contributed by atoms with Crippen molar-refractivity contribution < 1.29 is 13.9 Å². The van der Waals surface area contributed by atoms with Crippen molar-refractivity contribution in [2.24, 2.45) is 5.73 Å². The number of nitrogens with two attached hydrogens (primary N) is 1. The first-order valence-corrected chi connectivity index (χ1v) is 11.1. The summed E-state index contributed by atoms with van der Waals surface area (Å²) in [7, 11) is 2.93. The lowest BCUT2D eigenvalue weighted by Crippen LogP contribution is -2.28. The van der Waals surface area contributed by atoms with Crippen molar-refractivity contribution in [2.45, 2.75) is 19.4 Å². The zero-order chi connectivity index (χ0) is 26.6. The van der Waals surface area contributed by atoms with E-state index in [0.29, 0.717) is 22.9 Å². The number of ether oxygens (including phenoxy) is 1. The maximum absolute atomic E-state index is 13.3. The van der Waals surface area contributed by atoms with E-state index in [1.807, 2.05) is 19.9 Å². The Morgan fingerprint density at radius 2 is 1.76 bits per heavy atom. The maximum Gasteiger partial charge on any atom is 0.273 e. The summed E-state index contributed by atoms with van der Waals surface area (Å²) in [6, 6.07) is 6.84. The number of nitrogens with zero attached hydrogens (tertiary/aromatic N) is 6. The van der Waals surface area contributed by atoms with E-state index in [2.05, 4.69) is 46.1 Å². The molecular formula is C24H25FN10O2. The smallest absolute Gasteiger partial charge is 0.273 e. The number of aromatic nitrogens is 6. The van der Waals surface area contributed by atoms with Crippen molar-refractivity contribution in [1.29, 1.82) is 0 Å². The average Bonchev–Trinajstić information content (AvgIpc) is 2.88. The van der Waals surface area contributed by atoms with Crippen molar-refractivity contribution in [1.82, 2.24) is 35.5 Å². The number of hydrogen-bond donors (Lipinski definition) is 4. The van der Waals surface area contributed by atoms with Gasteiger partial charge in [0, 0.05) is 31.0 Å². The van der Waals surface area contributed by atoms with Crippen LogP contribution in [0.2, 0.25) is 0 Å². The summed E-state index contributed by atoms with van der Waals surface area (Å²) < 4.78 is 18.9. The maximum atomic E-state index is 13.3. The second kappa shape index (κ2) is 10.5. The molecule has 0 aromatic carbocycles. The third-order valence-electron chi connectivity index (χ3n) is 5.22. The molecule has 4 rings (SSSR count). The molecular weight excluding hydrogens is 479 g/mol. The molecule has 0 saturated carbocycles. The summed E-state index contributed by atoms with van der Waals surface area (Å²) in [5, 5.41) is 16.8. The first-order valence-electron chi connectivity index (χ1n) is 11.1. The molecule has 13 heteroatoms. The molecule has 0 fully saturated rings. The summed E-state index contributed by atoms with van der Waals surface area (Å²) >= 11 is 0. The third-order valence-corrected chi connectivity index (χ3v) is 5.22. The van der Waals surface area contributed by atoms with Crippen LogP contribution in [-0.2, 0) is 5.54 Å². The van der Waals surface area contributed by atoms with E-state index in [1.54, 1.807) is 24.4 Å². The molecule has 0 aliphatic carbocycles. The summed E-state index contributed by atoms with van der Waals surface area (Å²) in [5.74, 6) is 0.567. The minimum Gasteiger partial charge on any atom is -0.492 e. The molecule has 190 valence electrons. The van der Waals surface area contributed by atoms with Gasteiger partial charge in [-0.3, -0.25) is 4.79 Å². The minimum absolute atomic E-state index is 0.0218. The highest BCUT2D eigenvalue weighted by Crippen LogP contribution is 2.35. The van der Waals surface area contributed by atoms with Crippen LogP contribution < -0.4 is 26.4 Å². The van der Waals surface area contributed by atoms with Crippen molar-refractivity contribution in [2.75, 3.05) is 24.8 Å². The van der Waals surface area contributed by atoms with E-state index in [-0.39, 0.29) is 23.1 Å². The Morgan fingerprint density at radius 1 is 1.00 bits per heavy atom. The first-order chi connectivity index (χ1) is 17.7. The zero-order valence-electron chi connectivity index (χ0n) is 20.6. The molecule has 37 heavy (non-hydrogen) atoms. The van der Waals surface area contributed by atoms with Gasteiger partial charge in [-0.05, 0) is 31.5 Å². The van der Waals surface area contributed by atoms with Crippen molar-refractivity contribution in [3.05, 3.63) is 66.1 Å². The van der Waals surface area contributed by atoms with Crippen LogP contribution in [0.3, 0.4) is 0 Å². The van der Waals surface area contributed by atoms with Gasteiger partial charge in [0.25, 0.3) is 5.91 Å². The zero-order valence-corrected chi connectivity index (χ0v) is 20.6. The summed E-state index contributed by atoms with van der Waals surface area (Å²) in [5.41, 5.74) is 7.23. The van der Waals surface area contributed by atoms with Crippen molar-refractivity contribution in [3.8, 4) is 17.1 Å². The van der Waals surface area contributed by atoms with Gasteiger partial charge in [-0.15, -0.1) is 10.2 Å². The normalized spacial score (nSPS) is 11.1. The Labute approximate surface area is 212 Å². The molecule has 1 amide bonds. The predicted molar refractivity (Wildman–Crippen MR) is 135 cm³/mol. The number of carbonyl (C=O) groups is 1. The Bertz CT molecular complexity index is 1410. The lowest BCUT2D eigenvalue weighted by Gasteiger charge is -2.18. The van der Waals surface area contributed by atoms with Gasteiger partial charge in [-0.1, -0.05) is 6.07 Å². The fourth-order valence-corrected chi connectivity index (χ4v) is 3.31. The number of amides is 1. The summed E-state index contributed by atoms with van der Waals surface area (Å²) in [4.78, 5) is 29.2. The Hall–Kier alpha value is -4.78. The minimum atomic E-state index is -0.566. The van der Waals surface area contributed by atoms with Gasteiger partial charge in [-0.2, -0.15) is 0 Å². The Kier molecular flexibility index (Phi) is 7.15. The lowest BCUT2D eigenvalue weighted by atomic mass is 9.98. The Balaban J connectivity index is 1.69. The van der Waals surface area contributed by atoms with Gasteiger partial charge in [0.05, 0.1) is 30.8 Å². The van der Waals surface area contributed by atoms with Crippen LogP contribution in [-0.4, -0.2) is 50.2 Å². The molecule has 0 bridgehead atoms. The number of carbonyl (C=O) groups excluding carboxylic acids is 1. The second-order valence-electron chi connectivity index (χ2n) is 8.44. The largest absolute Gasteiger partial charge is 0.492 e. The fraction of sp³-hybridized carbons (Fsp3) is 0.208. The number of halogens is 1. The van der Waals surface area contributed by atoms with Gasteiger partial charge in [-0.25, -0.2) is 24.3 Å². The van der Waals surface area contributed by atoms with Crippen LogP contribution in [0, 0.1) is 5.82 Å². The molecule has 0 atom stereocenters. The Morgan fingerprint density at radius 3 is 2.38 bits per heavy atom. The van der Waals surface area contributed by atoms with Gasteiger partial charge in [0.15, 0.2) is 34.7 Å². The molecule has 0 radical (unpaired) electrons. The first kappa shape index (κ1) is 25.3. The molecule has 0 unspecified atom stereocenters. The highest BCUT2D eigenvalue weighted by atomic mass is 19.1. The SMILES string of the molecule is CNC(=O)c1nnc(Nc2ccc(C(C)(C)N)cn2)cc1Nc1nccc(-c2ncc(F)cn2)c1OC. The number of pyridine rings is 2. The number of anilines is 4. The van der Waals surface area contributed by atoms with Gasteiger partial charge >= 0.3 is 0 Å². The van der Waals surface area contributed by atoms with Crippen LogP contribution >= 0.6 is 0 Å². The molecule has 0 aliphatic rings. The molecule has 0 spiro atoms. The van der Waals surface area contributed by atoms with Crippen LogP contribution in [0.15, 0.2) is 49.1 Å². The highest BCUT2D eigenvalue weighted by molar-refractivity contribution is 5.98. The monoisotopic (exact) mass is 504 g/mol. The summed E-state index contributed by atoms with van der Waals surface area (Å²) in [6.45, 7) is 3.77. The van der Waals surface area contributed by atoms with E-state index >= 15 is 0 Å². The second-order valence-corrected chi connectivity index (χ2v) is 8.44. The van der Waals surface area contributed by atoms with Crippen LogP contribution in [0.25, 0.3) is 11.4 Å². The molecule has 4 aromatic heterocycles. The predicted octanol–water partition coefficient (Wildman–Crippen LogP) is 2.91. The fourth-order valence-electron chi connectivity index (χ4n) is 3.31. The molecule has 4 aromatic rings. The summed E-state index contributed by atoms with van der Waals surface area (Å²) in [6.07, 6.45) is 5.29. The highest BCUT2D eigenvalue weighted by Gasteiger charge is 2.20. The van der Waals surface area contributed by atoms with E-state index in [4.69, 9.17) is 10.5 Å². The van der Waals surface area contributed by atoms with E-state index in [0.717, 1.165) is 18.0 Å². The third kappa shape index (κ3) is 5.73. The molecule has 0 saturated heterocycles. The van der Waals surface area contributed by atoms with Gasteiger partial charge in [0.1, 0.15) is 5.82 Å². The standard InChI is InChI=1S/C24H25FN10O2/c1-24(2,26)13-5-6-17(29-10-13)33-18-9-16(19(35-34-18)23(36)27-3)32-22-20(37-4)15(7-8-28-22)21-30-11-14(25)12-31-21/h5-12H,26H2,1-4H3,(H,27,36)(H2,28,29,32,33,34). The van der Waals surface area contributed by atoms with Gasteiger partial charge in [0.2, 0.25) is 0 Å². The molecule has 0 aliphatic heterocycles. The topological polar surface area (TPSA) is 166 Å². The molecule has 12 nitrogen and oxygen atoms in total. The van der Waals surface area contributed by atoms with Crippen molar-refractivity contribution >= 4 is 29.0 Å². The van der Waals surface area contributed by atoms with Crippen molar-refractivity contribution in [3.63, 3.8) is 0 Å². The number of hydrogen-bond acceptors (Lipinski definition) is 11. The van der Waals surface area contributed by atoms with Crippen LogP contribution in [0.4, 0.5) is 27.5 Å². The molecule has 5 N–H and O–H groups in total. The quantitative estimate of drug-likeness (QED) is 0.279. The van der Waals surface area contributed by atoms with Gasteiger partial charge < -0.3 is 26.4 Å². The van der Waals surface area contributed by atoms with E-state index < -0.39 is 17.3 Å². The number of methoxy groups -OCH3 is 1.